The summed E-state index contributed by atoms with van der Waals surface area (Å²) in [7, 11) is 0. The van der Waals surface area contributed by atoms with Crippen LogP contribution in [0.1, 0.15) is 36.1 Å². The fraction of sp³-hybridized carbons (Fsp3) is 0.471. The highest BCUT2D eigenvalue weighted by Crippen LogP contribution is 2.22. The number of piperidine rings is 1. The van der Waals surface area contributed by atoms with Crippen molar-refractivity contribution in [3.63, 3.8) is 0 Å². The predicted octanol–water partition coefficient (Wildman–Crippen LogP) is 2.96. The van der Waals surface area contributed by atoms with Gasteiger partial charge in [-0.05, 0) is 56.5 Å². The molecule has 4 nitrogen and oxygen atoms in total. The van der Waals surface area contributed by atoms with Gasteiger partial charge in [-0.15, -0.1) is 12.4 Å². The quantitative estimate of drug-likeness (QED) is 0.814. The van der Waals surface area contributed by atoms with Crippen molar-refractivity contribution in [2.75, 3.05) is 6.54 Å². The second-order valence-corrected chi connectivity index (χ2v) is 5.98. The smallest absolute Gasteiger partial charge is 0.237 e. The highest BCUT2D eigenvalue weighted by Gasteiger charge is 2.19. The van der Waals surface area contributed by atoms with E-state index >= 15 is 0 Å². The van der Waals surface area contributed by atoms with Crippen LogP contribution in [0.3, 0.4) is 0 Å². The first kappa shape index (κ1) is 16.8. The Morgan fingerprint density at radius 1 is 1.32 bits per heavy atom. The first-order valence-corrected chi connectivity index (χ1v) is 7.74. The minimum atomic E-state index is -0.0151. The summed E-state index contributed by atoms with van der Waals surface area (Å²) < 4.78 is 0. The Balaban J connectivity index is 0.00000176. The third-order valence-corrected chi connectivity index (χ3v) is 4.47. The highest BCUT2D eigenvalue weighted by atomic mass is 35.5. The van der Waals surface area contributed by atoms with Crippen LogP contribution < -0.4 is 10.6 Å². The number of nitrogens with one attached hydrogen (secondary N) is 3. The van der Waals surface area contributed by atoms with Crippen molar-refractivity contribution in [3.8, 4) is 0 Å². The second kappa shape index (κ2) is 7.16. The van der Waals surface area contributed by atoms with Crippen LogP contribution in [0, 0.1) is 13.8 Å². The van der Waals surface area contributed by atoms with E-state index < -0.39 is 0 Å². The first-order chi connectivity index (χ1) is 10.1. The summed E-state index contributed by atoms with van der Waals surface area (Å²) >= 11 is 0. The Hall–Kier alpha value is -1.52. The van der Waals surface area contributed by atoms with Crippen molar-refractivity contribution in [2.45, 2.75) is 45.7 Å². The molecule has 2 heterocycles. The molecule has 0 spiro atoms. The van der Waals surface area contributed by atoms with Crippen LogP contribution in [-0.2, 0) is 11.3 Å². The maximum absolute atomic E-state index is 12.1. The zero-order chi connectivity index (χ0) is 14.8. The van der Waals surface area contributed by atoms with Crippen LogP contribution in [0.15, 0.2) is 18.2 Å². The number of H-pyrrole nitrogens is 1. The molecule has 1 amide bonds. The molecule has 1 aliphatic heterocycles. The fourth-order valence-electron chi connectivity index (χ4n) is 3.01. The number of rotatable bonds is 3. The van der Waals surface area contributed by atoms with Crippen LogP contribution in [-0.4, -0.2) is 23.5 Å². The summed E-state index contributed by atoms with van der Waals surface area (Å²) in [5.41, 5.74) is 4.80. The predicted molar refractivity (Wildman–Crippen MR) is 92.5 cm³/mol. The lowest BCUT2D eigenvalue weighted by Gasteiger charge is -2.22. The minimum absolute atomic E-state index is 0. The van der Waals surface area contributed by atoms with E-state index in [1.807, 2.05) is 0 Å². The van der Waals surface area contributed by atoms with Crippen molar-refractivity contribution in [2.24, 2.45) is 0 Å². The van der Waals surface area contributed by atoms with Gasteiger partial charge in [-0.1, -0.05) is 12.5 Å². The molecule has 3 N–H and O–H groups in total. The van der Waals surface area contributed by atoms with Crippen LogP contribution in [0.2, 0.25) is 0 Å². The number of aromatic nitrogens is 1. The SMILES string of the molecule is Cc1[nH]c2ccc(CNC(=O)C3CCCCN3)cc2c1C.Cl. The van der Waals surface area contributed by atoms with Gasteiger partial charge in [0.2, 0.25) is 5.91 Å². The van der Waals surface area contributed by atoms with E-state index in [2.05, 4.69) is 47.7 Å². The van der Waals surface area contributed by atoms with E-state index in [9.17, 15) is 4.79 Å². The molecule has 5 heteroatoms. The monoisotopic (exact) mass is 321 g/mol. The van der Waals surface area contributed by atoms with Crippen LogP contribution in [0.4, 0.5) is 0 Å². The Morgan fingerprint density at radius 3 is 2.86 bits per heavy atom. The van der Waals surface area contributed by atoms with Gasteiger partial charge in [0.25, 0.3) is 0 Å². The molecule has 1 atom stereocenters. The van der Waals surface area contributed by atoms with Gasteiger partial charge >= 0.3 is 0 Å². The molecule has 1 aromatic carbocycles. The molecule has 2 aromatic rings. The Kier molecular flexibility index (Phi) is 5.48. The number of hydrogen-bond acceptors (Lipinski definition) is 2. The lowest BCUT2D eigenvalue weighted by molar-refractivity contribution is -0.123. The van der Waals surface area contributed by atoms with Gasteiger partial charge in [-0.25, -0.2) is 0 Å². The largest absolute Gasteiger partial charge is 0.358 e. The van der Waals surface area contributed by atoms with Crippen molar-refractivity contribution in [1.29, 1.82) is 0 Å². The topological polar surface area (TPSA) is 56.9 Å². The molecule has 22 heavy (non-hydrogen) atoms. The number of fused-ring (bicyclic) bond motifs is 1. The van der Waals surface area contributed by atoms with Crippen LogP contribution in [0.5, 0.6) is 0 Å². The van der Waals surface area contributed by atoms with Gasteiger partial charge in [0.15, 0.2) is 0 Å². The molecule has 1 fully saturated rings. The molecule has 1 unspecified atom stereocenters. The molecule has 1 aliphatic rings. The molecule has 0 bridgehead atoms. The molecular formula is C17H24ClN3O. The molecule has 0 aliphatic carbocycles. The molecule has 1 aromatic heterocycles. The zero-order valence-corrected chi connectivity index (χ0v) is 14.0. The summed E-state index contributed by atoms with van der Waals surface area (Å²) in [6.07, 6.45) is 3.26. The van der Waals surface area contributed by atoms with Crippen molar-refractivity contribution in [3.05, 3.63) is 35.0 Å². The summed E-state index contributed by atoms with van der Waals surface area (Å²) in [6, 6.07) is 6.32. The molecule has 3 rings (SSSR count). The Morgan fingerprint density at radius 2 is 2.14 bits per heavy atom. The summed E-state index contributed by atoms with van der Waals surface area (Å²) in [4.78, 5) is 15.5. The number of aryl methyl sites for hydroxylation is 2. The van der Waals surface area contributed by atoms with Gasteiger partial charge in [-0.2, -0.15) is 0 Å². The normalized spacial score (nSPS) is 18.0. The van der Waals surface area contributed by atoms with Gasteiger partial charge in [0, 0.05) is 23.1 Å². The number of carbonyl (C=O) groups is 1. The van der Waals surface area contributed by atoms with Gasteiger partial charge in [0.05, 0.1) is 6.04 Å². The first-order valence-electron chi connectivity index (χ1n) is 7.74. The number of benzene rings is 1. The zero-order valence-electron chi connectivity index (χ0n) is 13.2. The summed E-state index contributed by atoms with van der Waals surface area (Å²) in [5, 5.41) is 7.57. The van der Waals surface area contributed by atoms with Crippen molar-refractivity contribution < 1.29 is 4.79 Å². The summed E-state index contributed by atoms with van der Waals surface area (Å²) in [6.45, 7) is 5.76. The molecule has 0 radical (unpaired) electrons. The number of aromatic amines is 1. The minimum Gasteiger partial charge on any atom is -0.358 e. The van der Waals surface area contributed by atoms with Gasteiger partial charge in [0.1, 0.15) is 0 Å². The number of hydrogen-bond donors (Lipinski definition) is 3. The fourth-order valence-corrected chi connectivity index (χ4v) is 3.01. The molecule has 0 saturated carbocycles. The standard InChI is InChI=1S/C17H23N3O.ClH/c1-11-12(2)20-15-7-6-13(9-14(11)15)10-19-17(21)16-5-3-4-8-18-16;/h6-7,9,16,18,20H,3-5,8,10H2,1-2H3,(H,19,21);1H. The maximum atomic E-state index is 12.1. The molecule has 120 valence electrons. The van der Waals surface area contributed by atoms with E-state index in [-0.39, 0.29) is 24.4 Å². The lowest BCUT2D eigenvalue weighted by Crippen LogP contribution is -2.46. The Labute approximate surface area is 137 Å². The van der Waals surface area contributed by atoms with Gasteiger partial charge in [-0.3, -0.25) is 4.79 Å². The average molecular weight is 322 g/mol. The van der Waals surface area contributed by atoms with Crippen molar-refractivity contribution >= 4 is 29.2 Å². The molecular weight excluding hydrogens is 298 g/mol. The van der Waals surface area contributed by atoms with E-state index in [0.717, 1.165) is 30.5 Å². The number of carbonyl (C=O) groups excluding carboxylic acids is 1. The van der Waals surface area contributed by atoms with Crippen LogP contribution in [0.25, 0.3) is 10.9 Å². The second-order valence-electron chi connectivity index (χ2n) is 5.98. The van der Waals surface area contributed by atoms with Gasteiger partial charge < -0.3 is 15.6 Å². The van der Waals surface area contributed by atoms with E-state index in [4.69, 9.17) is 0 Å². The van der Waals surface area contributed by atoms with Crippen LogP contribution >= 0.6 is 12.4 Å². The van der Waals surface area contributed by atoms with E-state index in [1.165, 1.54) is 23.1 Å². The third kappa shape index (κ3) is 3.45. The van der Waals surface area contributed by atoms with E-state index in [0.29, 0.717) is 6.54 Å². The third-order valence-electron chi connectivity index (χ3n) is 4.47. The maximum Gasteiger partial charge on any atom is 0.237 e. The van der Waals surface area contributed by atoms with Crippen molar-refractivity contribution in [1.82, 2.24) is 15.6 Å². The van der Waals surface area contributed by atoms with E-state index in [1.54, 1.807) is 0 Å². The lowest BCUT2D eigenvalue weighted by atomic mass is 10.0. The molecule has 1 saturated heterocycles. The number of halogens is 1. The summed E-state index contributed by atoms with van der Waals surface area (Å²) in [5.74, 6) is 0.122. The Bertz CT molecular complexity index is 659. The highest BCUT2D eigenvalue weighted by molar-refractivity contribution is 5.86. The number of amides is 1. The average Bonchev–Trinajstić information content (AvgIpc) is 2.80.